The maximum atomic E-state index is 13.0. The van der Waals surface area contributed by atoms with Crippen molar-refractivity contribution in [3.63, 3.8) is 0 Å². The average Bonchev–Trinajstić information content (AvgIpc) is 3.27. The number of likely N-dealkylation sites (N-methyl/N-ethyl adjacent to an activating group) is 2. The second kappa shape index (κ2) is 10.0. The highest BCUT2D eigenvalue weighted by Gasteiger charge is 2.20. The summed E-state index contributed by atoms with van der Waals surface area (Å²) in [5.74, 6) is -0.0104. The van der Waals surface area contributed by atoms with Crippen molar-refractivity contribution in [3.05, 3.63) is 35.3 Å². The highest BCUT2D eigenvalue weighted by molar-refractivity contribution is 7.13. The van der Waals surface area contributed by atoms with E-state index in [9.17, 15) is 4.79 Å². The first-order valence-corrected chi connectivity index (χ1v) is 9.23. The third-order valence-electron chi connectivity index (χ3n) is 4.10. The zero-order valence-electron chi connectivity index (χ0n) is 15.8. The predicted molar refractivity (Wildman–Crippen MR) is 117 cm³/mol. The summed E-state index contributed by atoms with van der Waals surface area (Å²) in [6, 6.07) is 6.08. The van der Waals surface area contributed by atoms with Crippen molar-refractivity contribution in [1.29, 1.82) is 0 Å². The van der Waals surface area contributed by atoms with Gasteiger partial charge in [0.05, 0.1) is 27.7 Å². The topological polar surface area (TPSA) is 63.1 Å². The van der Waals surface area contributed by atoms with Crippen LogP contribution >= 0.6 is 36.2 Å². The molecule has 0 aliphatic heterocycles. The van der Waals surface area contributed by atoms with Gasteiger partial charge >= 0.3 is 0 Å². The van der Waals surface area contributed by atoms with Crippen molar-refractivity contribution >= 4 is 53.1 Å². The number of aromatic nitrogens is 3. The predicted octanol–water partition coefficient (Wildman–Crippen LogP) is 3.88. The molecule has 3 heterocycles. The van der Waals surface area contributed by atoms with Crippen LogP contribution in [-0.4, -0.2) is 52.8 Å². The first-order chi connectivity index (χ1) is 12.0. The minimum Gasteiger partial charge on any atom is -0.340 e. The molecule has 0 aliphatic rings. The van der Waals surface area contributed by atoms with Crippen LogP contribution in [0.3, 0.4) is 0 Å². The van der Waals surface area contributed by atoms with Crippen LogP contribution in [0.1, 0.15) is 30.2 Å². The van der Waals surface area contributed by atoms with Crippen molar-refractivity contribution in [2.24, 2.45) is 0 Å². The molecule has 27 heavy (non-hydrogen) atoms. The molecule has 0 fully saturated rings. The number of carbonyl (C=O) groups is 1. The summed E-state index contributed by atoms with van der Waals surface area (Å²) >= 11 is 1.62. The van der Waals surface area contributed by atoms with Gasteiger partial charge in [-0.2, -0.15) is 5.10 Å². The molecule has 3 aromatic heterocycles. The van der Waals surface area contributed by atoms with E-state index in [2.05, 4.69) is 24.3 Å². The molecule has 148 valence electrons. The molecule has 0 aromatic carbocycles. The molecule has 6 nitrogen and oxygen atoms in total. The molecule has 3 rings (SSSR count). The van der Waals surface area contributed by atoms with Gasteiger partial charge in [-0.25, -0.2) is 9.67 Å². The normalized spacial score (nSPS) is 10.6. The van der Waals surface area contributed by atoms with E-state index in [1.54, 1.807) is 22.4 Å². The molecule has 0 aliphatic carbocycles. The molecule has 1 N–H and O–H groups in total. The lowest BCUT2D eigenvalue weighted by Gasteiger charge is -2.18. The van der Waals surface area contributed by atoms with E-state index < -0.39 is 0 Å². The molecule has 0 atom stereocenters. The van der Waals surface area contributed by atoms with Gasteiger partial charge in [0.25, 0.3) is 5.91 Å². The van der Waals surface area contributed by atoms with Gasteiger partial charge < -0.3 is 10.2 Å². The highest BCUT2D eigenvalue weighted by Crippen LogP contribution is 2.29. The zero-order chi connectivity index (χ0) is 18.0. The standard InChI is InChI=1S/C18H23N5OS.2ClH/c1-12(2)23-17-14(11-20-23)13(18(24)22(4)8-7-19-3)10-15(21-17)16-6-5-9-25-16;;/h5-6,9-12,19H,7-8H2,1-4H3;2*1H. The van der Waals surface area contributed by atoms with Gasteiger partial charge in [-0.05, 0) is 38.4 Å². The van der Waals surface area contributed by atoms with E-state index in [0.717, 1.165) is 28.1 Å². The quantitative estimate of drug-likeness (QED) is 0.645. The first-order valence-electron chi connectivity index (χ1n) is 8.35. The lowest BCUT2D eigenvalue weighted by Crippen LogP contribution is -2.33. The third-order valence-corrected chi connectivity index (χ3v) is 5.00. The van der Waals surface area contributed by atoms with Crippen LogP contribution in [-0.2, 0) is 0 Å². The molecular formula is C18H25Cl2N5OS. The average molecular weight is 430 g/mol. The second-order valence-corrected chi connectivity index (χ2v) is 7.23. The van der Waals surface area contributed by atoms with E-state index in [-0.39, 0.29) is 36.8 Å². The number of rotatable bonds is 6. The second-order valence-electron chi connectivity index (χ2n) is 6.28. The lowest BCUT2D eigenvalue weighted by atomic mass is 10.1. The Morgan fingerprint density at radius 1 is 1.37 bits per heavy atom. The Morgan fingerprint density at radius 2 is 2.11 bits per heavy atom. The minimum absolute atomic E-state index is 0. The maximum Gasteiger partial charge on any atom is 0.254 e. The SMILES string of the molecule is CNCCN(C)C(=O)c1cc(-c2cccs2)nc2c1cnn2C(C)C.Cl.Cl. The maximum absolute atomic E-state index is 13.0. The van der Waals surface area contributed by atoms with Gasteiger partial charge in [-0.3, -0.25) is 4.79 Å². The third kappa shape index (κ3) is 4.79. The Morgan fingerprint density at radius 3 is 2.70 bits per heavy atom. The van der Waals surface area contributed by atoms with Gasteiger partial charge in [0.1, 0.15) is 0 Å². The largest absolute Gasteiger partial charge is 0.340 e. The molecule has 0 spiro atoms. The van der Waals surface area contributed by atoms with Gasteiger partial charge in [0.2, 0.25) is 0 Å². The van der Waals surface area contributed by atoms with Crippen LogP contribution < -0.4 is 5.32 Å². The fourth-order valence-corrected chi connectivity index (χ4v) is 3.40. The van der Waals surface area contributed by atoms with E-state index >= 15 is 0 Å². The first kappa shape index (κ1) is 23.4. The fraction of sp³-hybridized carbons (Fsp3) is 0.389. The van der Waals surface area contributed by atoms with Gasteiger partial charge in [-0.15, -0.1) is 36.2 Å². The highest BCUT2D eigenvalue weighted by atomic mass is 35.5. The van der Waals surface area contributed by atoms with Gasteiger partial charge in [0.15, 0.2) is 5.65 Å². The summed E-state index contributed by atoms with van der Waals surface area (Å²) in [5, 5.41) is 10.3. The summed E-state index contributed by atoms with van der Waals surface area (Å²) in [6.45, 7) is 5.52. The number of halogens is 2. The molecule has 0 unspecified atom stereocenters. The number of amides is 1. The number of pyridine rings is 1. The van der Waals surface area contributed by atoms with Crippen molar-refractivity contribution in [3.8, 4) is 10.6 Å². The minimum atomic E-state index is -0.0104. The van der Waals surface area contributed by atoms with Crippen LogP contribution in [0.5, 0.6) is 0 Å². The summed E-state index contributed by atoms with van der Waals surface area (Å²) in [5.41, 5.74) is 2.22. The van der Waals surface area contributed by atoms with Crippen LogP contribution in [0.4, 0.5) is 0 Å². The lowest BCUT2D eigenvalue weighted by molar-refractivity contribution is 0.0798. The van der Waals surface area contributed by atoms with Crippen molar-refractivity contribution < 1.29 is 4.79 Å². The van der Waals surface area contributed by atoms with Crippen molar-refractivity contribution in [2.45, 2.75) is 19.9 Å². The van der Waals surface area contributed by atoms with Crippen LogP contribution in [0.2, 0.25) is 0 Å². The number of fused-ring (bicyclic) bond motifs is 1. The van der Waals surface area contributed by atoms with Gasteiger partial charge in [-0.1, -0.05) is 6.07 Å². The number of nitrogens with one attached hydrogen (secondary N) is 1. The molecule has 0 bridgehead atoms. The summed E-state index contributed by atoms with van der Waals surface area (Å²) in [6.07, 6.45) is 1.75. The van der Waals surface area contributed by atoms with E-state index in [1.165, 1.54) is 0 Å². The number of nitrogens with zero attached hydrogens (tertiary/aromatic N) is 4. The summed E-state index contributed by atoms with van der Waals surface area (Å²) < 4.78 is 1.87. The number of carbonyl (C=O) groups excluding carboxylic acids is 1. The monoisotopic (exact) mass is 429 g/mol. The summed E-state index contributed by atoms with van der Waals surface area (Å²) in [4.78, 5) is 20.6. The Balaban J connectivity index is 0.00000182. The molecule has 0 saturated heterocycles. The van der Waals surface area contributed by atoms with Gasteiger partial charge in [0, 0.05) is 26.2 Å². The van der Waals surface area contributed by atoms with Crippen molar-refractivity contribution in [1.82, 2.24) is 25.0 Å². The number of hydrogen-bond acceptors (Lipinski definition) is 5. The number of hydrogen-bond donors (Lipinski definition) is 1. The Kier molecular flexibility index (Phi) is 8.68. The molecule has 9 heteroatoms. The van der Waals surface area contributed by atoms with Crippen molar-refractivity contribution in [2.75, 3.05) is 27.2 Å². The summed E-state index contributed by atoms with van der Waals surface area (Å²) in [7, 11) is 3.70. The Hall–Kier alpha value is -1.67. The fourth-order valence-electron chi connectivity index (χ4n) is 2.71. The van der Waals surface area contributed by atoms with Crippen LogP contribution in [0.15, 0.2) is 29.8 Å². The molecule has 0 saturated carbocycles. The zero-order valence-corrected chi connectivity index (χ0v) is 18.2. The molecule has 3 aromatic rings. The molecular weight excluding hydrogens is 405 g/mol. The van der Waals surface area contributed by atoms with E-state index in [4.69, 9.17) is 4.98 Å². The van der Waals surface area contributed by atoms with Crippen LogP contribution in [0.25, 0.3) is 21.6 Å². The molecule has 1 amide bonds. The smallest absolute Gasteiger partial charge is 0.254 e. The van der Waals surface area contributed by atoms with E-state index in [0.29, 0.717) is 12.1 Å². The molecule has 0 radical (unpaired) electrons. The van der Waals surface area contributed by atoms with E-state index in [1.807, 2.05) is 42.4 Å². The van der Waals surface area contributed by atoms with Crippen LogP contribution in [0, 0.1) is 0 Å². The Labute approximate surface area is 175 Å². The number of thiophene rings is 1. The Bertz CT molecular complexity index is 879.